The molecule has 1 aliphatic carbocycles. The van der Waals surface area contributed by atoms with Crippen LogP contribution in [0.1, 0.15) is 50.5 Å². The third-order valence-corrected chi connectivity index (χ3v) is 5.83. The van der Waals surface area contributed by atoms with Gasteiger partial charge in [-0.15, -0.1) is 0 Å². The van der Waals surface area contributed by atoms with E-state index in [0.29, 0.717) is 6.42 Å². The molecule has 0 unspecified atom stereocenters. The molecule has 5 heteroatoms. The third-order valence-electron chi connectivity index (χ3n) is 5.30. The number of anilines is 1. The lowest BCUT2D eigenvalue weighted by Crippen LogP contribution is -2.30. The van der Waals surface area contributed by atoms with Gasteiger partial charge in [0.15, 0.2) is 11.6 Å². The number of benzene rings is 2. The van der Waals surface area contributed by atoms with E-state index in [1.807, 2.05) is 12.1 Å². The van der Waals surface area contributed by atoms with Crippen molar-refractivity contribution in [1.82, 2.24) is 0 Å². The van der Waals surface area contributed by atoms with Crippen LogP contribution in [0, 0.1) is 11.6 Å². The van der Waals surface area contributed by atoms with Crippen LogP contribution in [0.4, 0.5) is 14.5 Å². The summed E-state index contributed by atoms with van der Waals surface area (Å²) < 4.78 is 27.3. The predicted octanol–water partition coefficient (Wildman–Crippen LogP) is 6.35. The van der Waals surface area contributed by atoms with E-state index < -0.39 is 11.6 Å². The Morgan fingerprint density at radius 1 is 1.00 bits per heavy atom. The van der Waals surface area contributed by atoms with Crippen LogP contribution < -0.4 is 5.32 Å². The van der Waals surface area contributed by atoms with Gasteiger partial charge >= 0.3 is 0 Å². The van der Waals surface area contributed by atoms with Crippen molar-refractivity contribution in [3.63, 3.8) is 0 Å². The normalized spacial score (nSPS) is 16.3. The van der Waals surface area contributed by atoms with Gasteiger partial charge in [-0.05, 0) is 54.5 Å². The van der Waals surface area contributed by atoms with Crippen molar-refractivity contribution >= 4 is 27.5 Å². The highest BCUT2D eigenvalue weighted by atomic mass is 79.9. The van der Waals surface area contributed by atoms with E-state index in [-0.39, 0.29) is 17.0 Å². The number of nitrogens with one attached hydrogen (secondary N) is 1. The zero-order valence-corrected chi connectivity index (χ0v) is 16.1. The van der Waals surface area contributed by atoms with Gasteiger partial charge in [-0.2, -0.15) is 0 Å². The van der Waals surface area contributed by atoms with E-state index in [1.54, 1.807) is 0 Å². The van der Waals surface area contributed by atoms with E-state index in [2.05, 4.69) is 33.4 Å². The molecule has 1 amide bonds. The van der Waals surface area contributed by atoms with Crippen molar-refractivity contribution in [2.24, 2.45) is 0 Å². The minimum absolute atomic E-state index is 0.0182. The van der Waals surface area contributed by atoms with Crippen molar-refractivity contribution < 1.29 is 13.6 Å². The van der Waals surface area contributed by atoms with E-state index in [4.69, 9.17) is 0 Å². The van der Waals surface area contributed by atoms with E-state index >= 15 is 0 Å². The topological polar surface area (TPSA) is 29.1 Å². The molecule has 0 heterocycles. The Bertz CT molecular complexity index is 770. The van der Waals surface area contributed by atoms with Gasteiger partial charge < -0.3 is 5.32 Å². The second-order valence-electron chi connectivity index (χ2n) is 7.02. The molecule has 0 aliphatic heterocycles. The summed E-state index contributed by atoms with van der Waals surface area (Å²) in [5, 5.41) is 2.67. The maximum Gasteiger partial charge on any atom is 0.224 e. The molecule has 0 spiro atoms. The summed E-state index contributed by atoms with van der Waals surface area (Å²) >= 11 is 3.48. The smallest absolute Gasteiger partial charge is 0.224 e. The molecule has 0 saturated heterocycles. The van der Waals surface area contributed by atoms with Crippen molar-refractivity contribution in [3.8, 4) is 0 Å². The molecule has 0 aromatic heterocycles. The number of halogens is 3. The van der Waals surface area contributed by atoms with Gasteiger partial charge in [-0.25, -0.2) is 8.78 Å². The summed E-state index contributed by atoms with van der Waals surface area (Å²) in [6.45, 7) is 0. The largest absolute Gasteiger partial charge is 0.326 e. The van der Waals surface area contributed by atoms with Crippen molar-refractivity contribution in [3.05, 3.63) is 64.1 Å². The Morgan fingerprint density at radius 2 is 1.69 bits per heavy atom. The van der Waals surface area contributed by atoms with Crippen LogP contribution in [0.5, 0.6) is 0 Å². The first-order chi connectivity index (χ1) is 12.5. The molecule has 1 N–H and O–H groups in total. The first kappa shape index (κ1) is 19.0. The van der Waals surface area contributed by atoms with Crippen LogP contribution in [0.25, 0.3) is 0 Å². The molecular formula is C21H22BrF2NO. The Balaban J connectivity index is 1.68. The molecule has 2 aromatic rings. The molecule has 0 radical (unpaired) electrons. The Morgan fingerprint density at radius 3 is 2.35 bits per heavy atom. The summed E-state index contributed by atoms with van der Waals surface area (Å²) in [7, 11) is 0. The molecule has 1 aliphatic rings. The van der Waals surface area contributed by atoms with Gasteiger partial charge in [0.25, 0.3) is 0 Å². The fraction of sp³-hybridized carbons (Fsp3) is 0.381. The zero-order valence-electron chi connectivity index (χ0n) is 14.5. The first-order valence-corrected chi connectivity index (χ1v) is 9.79. The number of hydrogen-bond acceptors (Lipinski definition) is 1. The molecule has 0 atom stereocenters. The highest BCUT2D eigenvalue weighted by molar-refractivity contribution is 9.10. The second kappa shape index (κ2) is 8.30. The van der Waals surface area contributed by atoms with Crippen LogP contribution >= 0.6 is 15.9 Å². The SMILES string of the molecule is O=C(CCC1(c2ccc(Br)cc2)CCCCC1)Nc1ccc(F)c(F)c1. The van der Waals surface area contributed by atoms with Crippen LogP contribution in [0.3, 0.4) is 0 Å². The third kappa shape index (κ3) is 4.50. The summed E-state index contributed by atoms with van der Waals surface area (Å²) in [5.41, 5.74) is 1.58. The minimum Gasteiger partial charge on any atom is -0.326 e. The summed E-state index contributed by atoms with van der Waals surface area (Å²) in [5.74, 6) is -2.04. The highest BCUT2D eigenvalue weighted by Crippen LogP contribution is 2.43. The fourth-order valence-electron chi connectivity index (χ4n) is 3.87. The maximum atomic E-state index is 13.3. The van der Waals surface area contributed by atoms with Gasteiger partial charge in [-0.1, -0.05) is 47.3 Å². The number of rotatable bonds is 5. The average molecular weight is 422 g/mol. The molecule has 26 heavy (non-hydrogen) atoms. The summed E-state index contributed by atoms with van der Waals surface area (Å²) in [6.07, 6.45) is 6.83. The second-order valence-corrected chi connectivity index (χ2v) is 7.94. The summed E-state index contributed by atoms with van der Waals surface area (Å²) in [4.78, 5) is 12.3. The predicted molar refractivity (Wildman–Crippen MR) is 103 cm³/mol. The van der Waals surface area contributed by atoms with Crippen molar-refractivity contribution in [1.29, 1.82) is 0 Å². The quantitative estimate of drug-likeness (QED) is 0.598. The van der Waals surface area contributed by atoms with Crippen molar-refractivity contribution in [2.45, 2.75) is 50.4 Å². The van der Waals surface area contributed by atoms with Gasteiger partial charge in [0.05, 0.1) is 0 Å². The molecule has 1 saturated carbocycles. The van der Waals surface area contributed by atoms with Crippen LogP contribution in [-0.2, 0) is 10.2 Å². The van der Waals surface area contributed by atoms with E-state index in [9.17, 15) is 13.6 Å². The van der Waals surface area contributed by atoms with Gasteiger partial charge in [0, 0.05) is 22.6 Å². The molecule has 1 fully saturated rings. The lowest BCUT2D eigenvalue weighted by molar-refractivity contribution is -0.116. The lowest BCUT2D eigenvalue weighted by Gasteiger charge is -2.38. The first-order valence-electron chi connectivity index (χ1n) is 8.99. The van der Waals surface area contributed by atoms with Crippen molar-refractivity contribution in [2.75, 3.05) is 5.32 Å². The minimum atomic E-state index is -0.957. The van der Waals surface area contributed by atoms with Gasteiger partial charge in [0.1, 0.15) is 0 Å². The summed E-state index contributed by atoms with van der Waals surface area (Å²) in [6, 6.07) is 11.8. The number of carbonyl (C=O) groups is 1. The van der Waals surface area contributed by atoms with E-state index in [0.717, 1.165) is 35.9 Å². The Hall–Kier alpha value is -1.75. The van der Waals surface area contributed by atoms with Crippen LogP contribution in [0.15, 0.2) is 46.9 Å². The highest BCUT2D eigenvalue weighted by Gasteiger charge is 2.34. The standard InChI is InChI=1S/C21H22BrF2NO/c22-16-6-4-15(5-7-16)21(11-2-1-3-12-21)13-10-20(26)25-17-8-9-18(23)19(24)14-17/h4-9,14H,1-3,10-13H2,(H,25,26). The van der Waals surface area contributed by atoms with Gasteiger partial charge in [-0.3, -0.25) is 4.79 Å². The molecule has 3 rings (SSSR count). The molecule has 2 nitrogen and oxygen atoms in total. The zero-order chi connectivity index (χ0) is 18.6. The average Bonchev–Trinajstić information content (AvgIpc) is 2.64. The maximum absolute atomic E-state index is 13.3. The Labute approximate surface area is 161 Å². The van der Waals surface area contributed by atoms with E-state index in [1.165, 1.54) is 30.9 Å². The molecule has 0 bridgehead atoms. The molecule has 138 valence electrons. The van der Waals surface area contributed by atoms with Gasteiger partial charge in [0.2, 0.25) is 5.91 Å². The lowest BCUT2D eigenvalue weighted by atomic mass is 9.67. The fourth-order valence-corrected chi connectivity index (χ4v) is 4.13. The molecule has 2 aromatic carbocycles. The molecular weight excluding hydrogens is 400 g/mol. The number of hydrogen-bond donors (Lipinski definition) is 1. The number of amides is 1. The number of carbonyl (C=O) groups excluding carboxylic acids is 1. The Kier molecular flexibility index (Phi) is 6.07. The monoisotopic (exact) mass is 421 g/mol. The van der Waals surface area contributed by atoms with Crippen LogP contribution in [0.2, 0.25) is 0 Å². The van der Waals surface area contributed by atoms with Crippen LogP contribution in [-0.4, -0.2) is 5.91 Å².